The van der Waals surface area contributed by atoms with E-state index in [2.05, 4.69) is 18.7 Å². The third-order valence-electron chi connectivity index (χ3n) is 3.32. The van der Waals surface area contributed by atoms with E-state index >= 15 is 0 Å². The van der Waals surface area contributed by atoms with Gasteiger partial charge in [-0.05, 0) is 43.6 Å². The minimum absolute atomic E-state index is 0. The molecule has 110 valence electrons. The van der Waals surface area contributed by atoms with Crippen molar-refractivity contribution in [3.8, 4) is 0 Å². The van der Waals surface area contributed by atoms with Crippen molar-refractivity contribution in [1.82, 2.24) is 4.90 Å². The number of nitrogens with zero attached hydrogens (tertiary/aromatic N) is 1. The summed E-state index contributed by atoms with van der Waals surface area (Å²) in [4.78, 5) is 2.10. The molecular formula is C14H23ClF2N2. The molecule has 0 amide bonds. The molecule has 0 aliphatic rings. The maximum absolute atomic E-state index is 13.2. The quantitative estimate of drug-likeness (QED) is 0.901. The van der Waals surface area contributed by atoms with Crippen LogP contribution in [-0.4, -0.2) is 25.0 Å². The molecule has 1 aromatic carbocycles. The zero-order valence-corrected chi connectivity index (χ0v) is 12.7. The molecule has 19 heavy (non-hydrogen) atoms. The van der Waals surface area contributed by atoms with E-state index < -0.39 is 11.6 Å². The zero-order valence-electron chi connectivity index (χ0n) is 11.9. The molecule has 0 saturated carbocycles. The lowest BCUT2D eigenvalue weighted by atomic mass is 9.92. The van der Waals surface area contributed by atoms with Crippen LogP contribution in [0, 0.1) is 17.0 Å². The van der Waals surface area contributed by atoms with E-state index in [1.54, 1.807) is 6.07 Å². The van der Waals surface area contributed by atoms with E-state index in [9.17, 15) is 8.78 Å². The van der Waals surface area contributed by atoms with Crippen LogP contribution in [0.1, 0.15) is 32.4 Å². The van der Waals surface area contributed by atoms with Crippen molar-refractivity contribution in [2.24, 2.45) is 11.1 Å². The fourth-order valence-corrected chi connectivity index (χ4v) is 1.90. The Morgan fingerprint density at radius 2 is 1.84 bits per heavy atom. The van der Waals surface area contributed by atoms with Crippen LogP contribution in [0.15, 0.2) is 18.2 Å². The normalized spacial score (nSPS) is 13.3. The highest BCUT2D eigenvalue weighted by Crippen LogP contribution is 2.24. The number of hydrogen-bond donors (Lipinski definition) is 1. The summed E-state index contributed by atoms with van der Waals surface area (Å²) in [5.41, 5.74) is 6.47. The van der Waals surface area contributed by atoms with Crippen LogP contribution in [0.2, 0.25) is 0 Å². The van der Waals surface area contributed by atoms with Gasteiger partial charge in [-0.3, -0.25) is 4.90 Å². The van der Waals surface area contributed by atoms with Crippen LogP contribution in [0.3, 0.4) is 0 Å². The Balaban J connectivity index is 0.00000324. The SMILES string of the molecule is CC(c1ccc(F)c(F)c1)N(C)CC(C)(C)CN.Cl. The Morgan fingerprint density at radius 1 is 1.26 bits per heavy atom. The molecule has 2 N–H and O–H groups in total. The molecule has 0 fully saturated rings. The van der Waals surface area contributed by atoms with Gasteiger partial charge in [-0.25, -0.2) is 8.78 Å². The molecule has 0 aromatic heterocycles. The standard InChI is InChI=1S/C14H22F2N2.ClH/c1-10(18(4)9-14(2,3)8-17)11-5-6-12(15)13(16)7-11;/h5-7,10H,8-9,17H2,1-4H3;1H. The van der Waals surface area contributed by atoms with E-state index in [1.165, 1.54) is 12.1 Å². The van der Waals surface area contributed by atoms with Gasteiger partial charge in [-0.2, -0.15) is 0 Å². The van der Waals surface area contributed by atoms with E-state index in [0.29, 0.717) is 6.54 Å². The molecule has 1 atom stereocenters. The first kappa shape index (κ1) is 18.3. The van der Waals surface area contributed by atoms with Crippen molar-refractivity contribution >= 4 is 12.4 Å². The van der Waals surface area contributed by atoms with Gasteiger partial charge in [0.05, 0.1) is 0 Å². The summed E-state index contributed by atoms with van der Waals surface area (Å²) in [5, 5.41) is 0. The minimum atomic E-state index is -0.809. The van der Waals surface area contributed by atoms with E-state index in [4.69, 9.17) is 5.73 Å². The number of benzene rings is 1. The molecule has 0 aliphatic carbocycles. The summed E-state index contributed by atoms with van der Waals surface area (Å²) in [6.07, 6.45) is 0. The summed E-state index contributed by atoms with van der Waals surface area (Å²) in [7, 11) is 1.96. The van der Waals surface area contributed by atoms with Crippen LogP contribution in [-0.2, 0) is 0 Å². The summed E-state index contributed by atoms with van der Waals surface area (Å²) in [6.45, 7) is 7.52. The van der Waals surface area contributed by atoms with Crippen molar-refractivity contribution in [1.29, 1.82) is 0 Å². The Hall–Kier alpha value is -0.710. The average molecular weight is 293 g/mol. The summed E-state index contributed by atoms with van der Waals surface area (Å²) in [6, 6.07) is 4.07. The Labute approximate surface area is 120 Å². The maximum atomic E-state index is 13.2. The predicted molar refractivity (Wildman–Crippen MR) is 77.5 cm³/mol. The molecular weight excluding hydrogens is 270 g/mol. The number of rotatable bonds is 5. The second-order valence-corrected chi connectivity index (χ2v) is 5.63. The highest BCUT2D eigenvalue weighted by molar-refractivity contribution is 5.85. The second kappa shape index (κ2) is 7.17. The highest BCUT2D eigenvalue weighted by atomic mass is 35.5. The first-order valence-corrected chi connectivity index (χ1v) is 6.12. The number of hydrogen-bond acceptors (Lipinski definition) is 2. The first-order chi connectivity index (χ1) is 8.26. The lowest BCUT2D eigenvalue weighted by molar-refractivity contribution is 0.174. The van der Waals surface area contributed by atoms with Crippen LogP contribution < -0.4 is 5.73 Å². The predicted octanol–water partition coefficient (Wildman–Crippen LogP) is 3.36. The molecule has 1 aromatic rings. The molecule has 0 saturated heterocycles. The largest absolute Gasteiger partial charge is 0.330 e. The summed E-state index contributed by atoms with van der Waals surface area (Å²) >= 11 is 0. The van der Waals surface area contributed by atoms with Gasteiger partial charge in [0, 0.05) is 12.6 Å². The maximum Gasteiger partial charge on any atom is 0.159 e. The smallest absolute Gasteiger partial charge is 0.159 e. The van der Waals surface area contributed by atoms with Gasteiger partial charge >= 0.3 is 0 Å². The van der Waals surface area contributed by atoms with Gasteiger partial charge in [0.2, 0.25) is 0 Å². The average Bonchev–Trinajstić information content (AvgIpc) is 2.31. The third-order valence-corrected chi connectivity index (χ3v) is 3.32. The van der Waals surface area contributed by atoms with Crippen LogP contribution in [0.4, 0.5) is 8.78 Å². The minimum Gasteiger partial charge on any atom is -0.330 e. The van der Waals surface area contributed by atoms with Crippen molar-refractivity contribution < 1.29 is 8.78 Å². The molecule has 0 radical (unpaired) electrons. The van der Waals surface area contributed by atoms with Crippen molar-refractivity contribution in [2.45, 2.75) is 26.8 Å². The van der Waals surface area contributed by atoms with Gasteiger partial charge in [0.25, 0.3) is 0 Å². The molecule has 1 rings (SSSR count). The van der Waals surface area contributed by atoms with Crippen LogP contribution in [0.25, 0.3) is 0 Å². The number of nitrogens with two attached hydrogens (primary N) is 1. The molecule has 0 bridgehead atoms. The van der Waals surface area contributed by atoms with Gasteiger partial charge < -0.3 is 5.73 Å². The number of halogens is 3. The van der Waals surface area contributed by atoms with Crippen molar-refractivity contribution in [2.75, 3.05) is 20.1 Å². The molecule has 1 unspecified atom stereocenters. The Morgan fingerprint density at radius 3 is 2.32 bits per heavy atom. The van der Waals surface area contributed by atoms with E-state index in [1.807, 2.05) is 14.0 Å². The zero-order chi connectivity index (χ0) is 13.9. The molecule has 0 heterocycles. The molecule has 0 spiro atoms. The van der Waals surface area contributed by atoms with Gasteiger partial charge in [-0.1, -0.05) is 19.9 Å². The summed E-state index contributed by atoms with van der Waals surface area (Å²) < 4.78 is 26.1. The van der Waals surface area contributed by atoms with Gasteiger partial charge in [0.15, 0.2) is 11.6 Å². The fraction of sp³-hybridized carbons (Fsp3) is 0.571. The van der Waals surface area contributed by atoms with E-state index in [-0.39, 0.29) is 23.9 Å². The second-order valence-electron chi connectivity index (χ2n) is 5.63. The molecule has 5 heteroatoms. The van der Waals surface area contributed by atoms with Gasteiger partial charge in [-0.15, -0.1) is 12.4 Å². The summed E-state index contributed by atoms with van der Waals surface area (Å²) in [5.74, 6) is -1.61. The van der Waals surface area contributed by atoms with Crippen LogP contribution in [0.5, 0.6) is 0 Å². The van der Waals surface area contributed by atoms with Crippen LogP contribution >= 0.6 is 12.4 Å². The monoisotopic (exact) mass is 292 g/mol. The Kier molecular flexibility index (Phi) is 6.91. The third kappa shape index (κ3) is 5.05. The van der Waals surface area contributed by atoms with Gasteiger partial charge in [0.1, 0.15) is 0 Å². The van der Waals surface area contributed by atoms with E-state index in [0.717, 1.165) is 12.1 Å². The molecule has 2 nitrogen and oxygen atoms in total. The fourth-order valence-electron chi connectivity index (χ4n) is 1.90. The highest BCUT2D eigenvalue weighted by Gasteiger charge is 2.22. The van der Waals surface area contributed by atoms with Crippen molar-refractivity contribution in [3.63, 3.8) is 0 Å². The Bertz CT molecular complexity index is 410. The lowest BCUT2D eigenvalue weighted by Crippen LogP contribution is -2.37. The topological polar surface area (TPSA) is 29.3 Å². The first-order valence-electron chi connectivity index (χ1n) is 6.12. The molecule has 0 aliphatic heterocycles. The van der Waals surface area contributed by atoms with Crippen molar-refractivity contribution in [3.05, 3.63) is 35.4 Å². The lowest BCUT2D eigenvalue weighted by Gasteiger charge is -2.33.